The zero-order valence-corrected chi connectivity index (χ0v) is 10.0. The van der Waals surface area contributed by atoms with Gasteiger partial charge in [0, 0.05) is 11.1 Å². The summed E-state index contributed by atoms with van der Waals surface area (Å²) in [5.41, 5.74) is 1.97. The number of amides is 1. The van der Waals surface area contributed by atoms with E-state index in [2.05, 4.69) is 25.2 Å². The molecule has 0 spiro atoms. The molecule has 1 aliphatic heterocycles. The molecular weight excluding hydrogens is 198 g/mol. The first-order chi connectivity index (χ1) is 7.64. The number of hydrogen-bond donors (Lipinski definition) is 1. The van der Waals surface area contributed by atoms with Crippen molar-refractivity contribution < 1.29 is 4.79 Å². The molecule has 2 nitrogen and oxygen atoms in total. The number of rotatable bonds is 3. The summed E-state index contributed by atoms with van der Waals surface area (Å²) in [4.78, 5) is 12.0. The standard InChI is InChI=1S/C14H19NO/c1-3-4-9-14(2)10-11-7-5-6-8-12(11)13(16)15-14/h5-8H,3-4,9-10H2,1-2H3,(H,15,16). The van der Waals surface area contributed by atoms with E-state index in [0.717, 1.165) is 18.4 Å². The number of carbonyl (C=O) groups is 1. The van der Waals surface area contributed by atoms with Crippen LogP contribution in [-0.2, 0) is 6.42 Å². The molecule has 1 atom stereocenters. The van der Waals surface area contributed by atoms with Crippen LogP contribution in [0.15, 0.2) is 24.3 Å². The highest BCUT2D eigenvalue weighted by Crippen LogP contribution is 2.26. The van der Waals surface area contributed by atoms with E-state index in [4.69, 9.17) is 0 Å². The fraction of sp³-hybridized carbons (Fsp3) is 0.500. The van der Waals surface area contributed by atoms with Crippen molar-refractivity contribution >= 4 is 5.91 Å². The Bertz CT molecular complexity index is 399. The number of nitrogens with one attached hydrogen (secondary N) is 1. The summed E-state index contributed by atoms with van der Waals surface area (Å²) in [6, 6.07) is 7.91. The molecule has 1 aliphatic rings. The number of carbonyl (C=O) groups excluding carboxylic acids is 1. The van der Waals surface area contributed by atoms with Crippen LogP contribution < -0.4 is 5.32 Å². The molecule has 0 aromatic heterocycles. The van der Waals surface area contributed by atoms with Gasteiger partial charge in [-0.25, -0.2) is 0 Å². The second-order valence-corrected chi connectivity index (χ2v) is 4.95. The number of benzene rings is 1. The summed E-state index contributed by atoms with van der Waals surface area (Å²) in [6.45, 7) is 4.33. The molecule has 86 valence electrons. The van der Waals surface area contributed by atoms with Gasteiger partial charge in [0.25, 0.3) is 5.91 Å². The summed E-state index contributed by atoms with van der Waals surface area (Å²) in [6.07, 6.45) is 4.35. The van der Waals surface area contributed by atoms with E-state index < -0.39 is 0 Å². The number of hydrogen-bond acceptors (Lipinski definition) is 1. The van der Waals surface area contributed by atoms with E-state index in [1.54, 1.807) is 0 Å². The van der Waals surface area contributed by atoms with Gasteiger partial charge >= 0.3 is 0 Å². The molecule has 16 heavy (non-hydrogen) atoms. The highest BCUT2D eigenvalue weighted by atomic mass is 16.1. The Morgan fingerprint density at radius 1 is 1.38 bits per heavy atom. The predicted octanol–water partition coefficient (Wildman–Crippen LogP) is 2.92. The van der Waals surface area contributed by atoms with Gasteiger partial charge in [-0.15, -0.1) is 0 Å². The maximum absolute atomic E-state index is 12.0. The lowest BCUT2D eigenvalue weighted by molar-refractivity contribution is 0.0881. The first-order valence-electron chi connectivity index (χ1n) is 6.05. The zero-order chi connectivity index (χ0) is 11.6. The minimum Gasteiger partial charge on any atom is -0.347 e. The maximum atomic E-state index is 12.0. The molecule has 1 unspecified atom stereocenters. The SMILES string of the molecule is CCCCC1(C)Cc2ccccc2C(=O)N1. The molecule has 1 N–H and O–H groups in total. The Kier molecular flexibility index (Phi) is 2.99. The van der Waals surface area contributed by atoms with Gasteiger partial charge < -0.3 is 5.32 Å². The van der Waals surface area contributed by atoms with Gasteiger partial charge in [0.1, 0.15) is 0 Å². The first kappa shape index (κ1) is 11.2. The van der Waals surface area contributed by atoms with Crippen LogP contribution >= 0.6 is 0 Å². The van der Waals surface area contributed by atoms with Crippen LogP contribution in [-0.4, -0.2) is 11.4 Å². The lowest BCUT2D eigenvalue weighted by Crippen LogP contribution is -2.51. The van der Waals surface area contributed by atoms with Gasteiger partial charge in [-0.05, 0) is 31.4 Å². The van der Waals surface area contributed by atoms with Crippen molar-refractivity contribution in [2.75, 3.05) is 0 Å². The van der Waals surface area contributed by atoms with Crippen molar-refractivity contribution in [3.63, 3.8) is 0 Å². The molecular formula is C14H19NO. The van der Waals surface area contributed by atoms with Gasteiger partial charge in [0.15, 0.2) is 0 Å². The topological polar surface area (TPSA) is 29.1 Å². The molecule has 0 aliphatic carbocycles. The first-order valence-corrected chi connectivity index (χ1v) is 6.05. The Morgan fingerprint density at radius 3 is 2.88 bits per heavy atom. The molecule has 0 saturated carbocycles. The quantitative estimate of drug-likeness (QED) is 0.828. The van der Waals surface area contributed by atoms with Gasteiger partial charge in [-0.1, -0.05) is 38.0 Å². The van der Waals surface area contributed by atoms with Crippen LogP contribution in [0.25, 0.3) is 0 Å². The van der Waals surface area contributed by atoms with Crippen molar-refractivity contribution in [2.24, 2.45) is 0 Å². The van der Waals surface area contributed by atoms with Crippen molar-refractivity contribution in [1.82, 2.24) is 5.32 Å². The lowest BCUT2D eigenvalue weighted by atomic mass is 9.82. The second kappa shape index (κ2) is 4.28. The normalized spacial score (nSPS) is 23.8. The third-order valence-electron chi connectivity index (χ3n) is 3.34. The fourth-order valence-corrected chi connectivity index (χ4v) is 2.42. The van der Waals surface area contributed by atoms with E-state index in [9.17, 15) is 4.79 Å². The van der Waals surface area contributed by atoms with Crippen LogP contribution in [0.5, 0.6) is 0 Å². The van der Waals surface area contributed by atoms with Gasteiger partial charge in [-0.3, -0.25) is 4.79 Å². The average molecular weight is 217 g/mol. The third kappa shape index (κ3) is 2.11. The summed E-state index contributed by atoms with van der Waals surface area (Å²) in [5, 5.41) is 3.14. The second-order valence-electron chi connectivity index (χ2n) is 4.95. The molecule has 0 radical (unpaired) electrons. The van der Waals surface area contributed by atoms with Gasteiger partial charge in [0.05, 0.1) is 0 Å². The maximum Gasteiger partial charge on any atom is 0.251 e. The molecule has 2 rings (SSSR count). The van der Waals surface area contributed by atoms with E-state index in [1.165, 1.54) is 18.4 Å². The van der Waals surface area contributed by atoms with E-state index in [-0.39, 0.29) is 11.4 Å². The Hall–Kier alpha value is -1.31. The Labute approximate surface area is 97.1 Å². The predicted molar refractivity (Wildman–Crippen MR) is 65.5 cm³/mol. The van der Waals surface area contributed by atoms with Gasteiger partial charge in [-0.2, -0.15) is 0 Å². The summed E-state index contributed by atoms with van der Waals surface area (Å²) in [5.74, 6) is 0.0838. The van der Waals surface area contributed by atoms with E-state index >= 15 is 0 Å². The monoisotopic (exact) mass is 217 g/mol. The highest BCUT2D eigenvalue weighted by Gasteiger charge is 2.32. The molecule has 1 aromatic carbocycles. The zero-order valence-electron chi connectivity index (χ0n) is 10.0. The largest absolute Gasteiger partial charge is 0.347 e. The van der Waals surface area contributed by atoms with Gasteiger partial charge in [0.2, 0.25) is 0 Å². The minimum absolute atomic E-state index is 0.0541. The number of fused-ring (bicyclic) bond motifs is 1. The minimum atomic E-state index is -0.0541. The van der Waals surface area contributed by atoms with Crippen LogP contribution in [0.3, 0.4) is 0 Å². The van der Waals surface area contributed by atoms with E-state index in [1.807, 2.05) is 18.2 Å². The molecule has 2 heteroatoms. The molecule has 1 heterocycles. The Morgan fingerprint density at radius 2 is 2.12 bits per heavy atom. The summed E-state index contributed by atoms with van der Waals surface area (Å²) >= 11 is 0. The van der Waals surface area contributed by atoms with Crippen molar-refractivity contribution in [3.05, 3.63) is 35.4 Å². The van der Waals surface area contributed by atoms with Crippen molar-refractivity contribution in [1.29, 1.82) is 0 Å². The van der Waals surface area contributed by atoms with E-state index in [0.29, 0.717) is 0 Å². The Balaban J connectivity index is 2.23. The summed E-state index contributed by atoms with van der Waals surface area (Å²) in [7, 11) is 0. The fourth-order valence-electron chi connectivity index (χ4n) is 2.42. The highest BCUT2D eigenvalue weighted by molar-refractivity contribution is 5.97. The molecule has 1 aromatic rings. The molecule has 0 bridgehead atoms. The van der Waals surface area contributed by atoms with Crippen LogP contribution in [0.2, 0.25) is 0 Å². The van der Waals surface area contributed by atoms with Crippen molar-refractivity contribution in [3.8, 4) is 0 Å². The third-order valence-corrected chi connectivity index (χ3v) is 3.34. The smallest absolute Gasteiger partial charge is 0.251 e. The summed E-state index contributed by atoms with van der Waals surface area (Å²) < 4.78 is 0. The van der Waals surface area contributed by atoms with Crippen LogP contribution in [0.1, 0.15) is 49.0 Å². The molecule has 1 amide bonds. The number of unbranched alkanes of at least 4 members (excludes halogenated alkanes) is 1. The average Bonchev–Trinajstić information content (AvgIpc) is 2.26. The molecule has 0 fully saturated rings. The van der Waals surface area contributed by atoms with Crippen LogP contribution in [0, 0.1) is 0 Å². The van der Waals surface area contributed by atoms with Crippen LogP contribution in [0.4, 0.5) is 0 Å². The lowest BCUT2D eigenvalue weighted by Gasteiger charge is -2.35. The van der Waals surface area contributed by atoms with Crippen molar-refractivity contribution in [2.45, 2.75) is 45.1 Å². The molecule has 0 saturated heterocycles.